The molecule has 0 aliphatic carbocycles. The molecular formula is C23H29ClN2O3. The second kappa shape index (κ2) is 7.37. The van der Waals surface area contributed by atoms with E-state index in [0.717, 1.165) is 43.6 Å². The van der Waals surface area contributed by atoms with Crippen molar-refractivity contribution in [2.24, 2.45) is 5.41 Å². The highest BCUT2D eigenvalue weighted by molar-refractivity contribution is 6.13. The van der Waals surface area contributed by atoms with Crippen molar-refractivity contribution in [3.8, 4) is 5.75 Å². The van der Waals surface area contributed by atoms with Gasteiger partial charge in [0, 0.05) is 23.0 Å². The first-order valence-corrected chi connectivity index (χ1v) is 10.5. The number of methoxy groups -OCH3 is 1. The fraction of sp³-hybridized carbons (Fsp3) is 0.522. The summed E-state index contributed by atoms with van der Waals surface area (Å²) in [5.74, 6) is 0.646. The van der Waals surface area contributed by atoms with E-state index in [9.17, 15) is 4.79 Å². The summed E-state index contributed by atoms with van der Waals surface area (Å²) in [6, 6.07) is 6.54. The highest BCUT2D eigenvalue weighted by atomic mass is 35.5. The Morgan fingerprint density at radius 2 is 2.10 bits per heavy atom. The number of hydrogen-bond donors (Lipinski definition) is 0. The van der Waals surface area contributed by atoms with Gasteiger partial charge < -0.3 is 14.0 Å². The SMILES string of the molecule is CCOC(=O)C1=C[C@]2(CC)CCCN3CCc4c(n1c1ccc(OC)cc41)[C@@H]32.Cl. The Kier molecular flexibility index (Phi) is 5.16. The monoisotopic (exact) mass is 416 g/mol. The van der Waals surface area contributed by atoms with E-state index >= 15 is 0 Å². The number of carbonyl (C=O) groups is 1. The molecule has 1 aromatic heterocycles. The van der Waals surface area contributed by atoms with Crippen molar-refractivity contribution in [3.05, 3.63) is 35.5 Å². The smallest absolute Gasteiger partial charge is 0.354 e. The lowest BCUT2D eigenvalue weighted by Crippen LogP contribution is -2.51. The van der Waals surface area contributed by atoms with Gasteiger partial charge in [0.15, 0.2) is 0 Å². The normalized spacial score (nSPS) is 25.1. The third-order valence-corrected chi connectivity index (χ3v) is 7.03. The van der Waals surface area contributed by atoms with Gasteiger partial charge in [-0.25, -0.2) is 4.79 Å². The fourth-order valence-corrected chi connectivity index (χ4v) is 5.79. The van der Waals surface area contributed by atoms with Gasteiger partial charge >= 0.3 is 5.97 Å². The van der Waals surface area contributed by atoms with Gasteiger partial charge in [-0.2, -0.15) is 0 Å². The summed E-state index contributed by atoms with van der Waals surface area (Å²) < 4.78 is 13.2. The van der Waals surface area contributed by atoms with Crippen LogP contribution < -0.4 is 4.74 Å². The maximum absolute atomic E-state index is 13.0. The Morgan fingerprint density at radius 3 is 2.83 bits per heavy atom. The van der Waals surface area contributed by atoms with Gasteiger partial charge in [-0.1, -0.05) is 6.92 Å². The number of ether oxygens (including phenoxy) is 2. The first kappa shape index (κ1) is 20.3. The summed E-state index contributed by atoms with van der Waals surface area (Å²) in [5, 5.41) is 1.21. The van der Waals surface area contributed by atoms with Crippen LogP contribution in [0.3, 0.4) is 0 Å². The molecule has 2 atom stereocenters. The number of carbonyl (C=O) groups excluding carboxylic acids is 1. The molecule has 5 rings (SSSR count). The molecule has 0 N–H and O–H groups in total. The van der Waals surface area contributed by atoms with Crippen molar-refractivity contribution in [2.75, 3.05) is 26.8 Å². The zero-order valence-corrected chi connectivity index (χ0v) is 18.2. The molecular weight excluding hydrogens is 388 g/mol. The van der Waals surface area contributed by atoms with E-state index in [0.29, 0.717) is 18.3 Å². The Hall–Kier alpha value is -1.98. The Bertz CT molecular complexity index is 996. The van der Waals surface area contributed by atoms with Crippen LogP contribution in [-0.2, 0) is 16.0 Å². The predicted octanol–water partition coefficient (Wildman–Crippen LogP) is 4.58. The van der Waals surface area contributed by atoms with Gasteiger partial charge in [-0.3, -0.25) is 4.90 Å². The quantitative estimate of drug-likeness (QED) is 0.684. The van der Waals surface area contributed by atoms with Crippen LogP contribution in [0.5, 0.6) is 5.75 Å². The molecule has 2 aromatic rings. The standard InChI is InChI=1S/C23H28N2O3.ClH/c1-4-23-10-6-11-24-12-9-16-17-13-15(27-3)7-8-18(17)25(20(16)21(23)24)19(14-23)22(26)28-5-2;/h7-8,13-14,21H,4-6,9-12H2,1-3H3;1H/t21-,23+;/m1./s1. The third kappa shape index (κ3) is 2.74. The molecule has 3 aliphatic rings. The van der Waals surface area contributed by atoms with Crippen LogP contribution in [0.25, 0.3) is 16.6 Å². The number of esters is 1. The molecule has 0 bridgehead atoms. The van der Waals surface area contributed by atoms with E-state index in [-0.39, 0.29) is 23.8 Å². The first-order valence-electron chi connectivity index (χ1n) is 10.5. The van der Waals surface area contributed by atoms with Crippen molar-refractivity contribution in [3.63, 3.8) is 0 Å². The zero-order valence-electron chi connectivity index (χ0n) is 17.4. The van der Waals surface area contributed by atoms with Crippen LogP contribution in [0.4, 0.5) is 0 Å². The van der Waals surface area contributed by atoms with Gasteiger partial charge in [-0.15, -0.1) is 12.4 Å². The van der Waals surface area contributed by atoms with Gasteiger partial charge in [0.25, 0.3) is 0 Å². The summed E-state index contributed by atoms with van der Waals surface area (Å²) in [7, 11) is 1.71. The molecule has 5 nitrogen and oxygen atoms in total. The Labute approximate surface area is 178 Å². The number of halogens is 1. The second-order valence-corrected chi connectivity index (χ2v) is 8.21. The molecule has 1 fully saturated rings. The lowest BCUT2D eigenvalue weighted by Gasteiger charge is -2.53. The highest BCUT2D eigenvalue weighted by Crippen LogP contribution is 2.57. The van der Waals surface area contributed by atoms with Gasteiger partial charge in [0.05, 0.1) is 25.3 Å². The summed E-state index contributed by atoms with van der Waals surface area (Å²) in [6.07, 6.45) is 6.59. The highest BCUT2D eigenvalue weighted by Gasteiger charge is 2.51. The summed E-state index contributed by atoms with van der Waals surface area (Å²) in [5.41, 5.74) is 4.47. The molecule has 0 unspecified atom stereocenters. The molecule has 0 radical (unpaired) electrons. The molecule has 156 valence electrons. The van der Waals surface area contributed by atoms with Crippen LogP contribution in [-0.4, -0.2) is 42.2 Å². The van der Waals surface area contributed by atoms with Crippen LogP contribution in [0, 0.1) is 5.41 Å². The first-order chi connectivity index (χ1) is 13.6. The van der Waals surface area contributed by atoms with Crippen LogP contribution >= 0.6 is 12.4 Å². The van der Waals surface area contributed by atoms with Gasteiger partial charge in [0.1, 0.15) is 11.4 Å². The predicted molar refractivity (Wildman–Crippen MR) is 117 cm³/mol. The molecule has 1 saturated heterocycles. The van der Waals surface area contributed by atoms with Crippen molar-refractivity contribution in [1.82, 2.24) is 9.47 Å². The van der Waals surface area contributed by atoms with Gasteiger partial charge in [-0.05, 0) is 69.0 Å². The average molecular weight is 417 g/mol. The maximum atomic E-state index is 13.0. The molecule has 0 spiro atoms. The minimum absolute atomic E-state index is 0. The number of nitrogens with zero attached hydrogens (tertiary/aromatic N) is 2. The van der Waals surface area contributed by atoms with E-state index in [1.807, 2.05) is 13.0 Å². The fourth-order valence-electron chi connectivity index (χ4n) is 5.79. The molecule has 3 aliphatic heterocycles. The van der Waals surface area contributed by atoms with E-state index in [1.54, 1.807) is 7.11 Å². The number of piperidine rings is 1. The zero-order chi connectivity index (χ0) is 19.5. The Balaban J connectivity index is 0.00000205. The van der Waals surface area contributed by atoms with Crippen molar-refractivity contribution in [2.45, 2.75) is 45.6 Å². The summed E-state index contributed by atoms with van der Waals surface area (Å²) >= 11 is 0. The van der Waals surface area contributed by atoms with E-state index in [1.165, 1.54) is 23.1 Å². The van der Waals surface area contributed by atoms with Crippen molar-refractivity contribution < 1.29 is 14.3 Å². The molecule has 4 heterocycles. The largest absolute Gasteiger partial charge is 0.497 e. The van der Waals surface area contributed by atoms with Gasteiger partial charge in [0.2, 0.25) is 0 Å². The number of rotatable bonds is 4. The van der Waals surface area contributed by atoms with E-state index < -0.39 is 0 Å². The maximum Gasteiger partial charge on any atom is 0.354 e. The topological polar surface area (TPSA) is 43.7 Å². The third-order valence-electron chi connectivity index (χ3n) is 7.03. The molecule has 29 heavy (non-hydrogen) atoms. The molecule has 6 heteroatoms. The minimum Gasteiger partial charge on any atom is -0.497 e. The van der Waals surface area contributed by atoms with E-state index in [2.05, 4.69) is 34.6 Å². The van der Waals surface area contributed by atoms with Crippen molar-refractivity contribution in [1.29, 1.82) is 0 Å². The van der Waals surface area contributed by atoms with Crippen LogP contribution in [0.1, 0.15) is 50.4 Å². The number of aromatic nitrogens is 1. The average Bonchev–Trinajstić information content (AvgIpc) is 3.06. The van der Waals surface area contributed by atoms with Crippen molar-refractivity contribution >= 4 is 35.0 Å². The molecule has 0 saturated carbocycles. The molecule has 0 amide bonds. The van der Waals surface area contributed by atoms with Crippen LogP contribution in [0.2, 0.25) is 0 Å². The number of hydrogen-bond acceptors (Lipinski definition) is 4. The lowest BCUT2D eigenvalue weighted by molar-refractivity contribution is -0.136. The molecule has 1 aromatic carbocycles. The van der Waals surface area contributed by atoms with Crippen LogP contribution in [0.15, 0.2) is 24.3 Å². The van der Waals surface area contributed by atoms with E-state index in [4.69, 9.17) is 9.47 Å². The summed E-state index contributed by atoms with van der Waals surface area (Å²) in [6.45, 7) is 6.74. The minimum atomic E-state index is -0.216. The summed E-state index contributed by atoms with van der Waals surface area (Å²) in [4.78, 5) is 15.7. The number of fused-ring (bicyclic) bond motifs is 3. The lowest BCUT2D eigenvalue weighted by atomic mass is 9.66. The number of benzene rings is 1. The Morgan fingerprint density at radius 1 is 1.28 bits per heavy atom. The second-order valence-electron chi connectivity index (χ2n) is 8.21.